The van der Waals surface area contributed by atoms with E-state index in [4.69, 9.17) is 15.2 Å². The Balaban J connectivity index is 2.15. The molecule has 0 amide bonds. The molecule has 2 N–H and O–H groups in total. The van der Waals surface area contributed by atoms with E-state index in [9.17, 15) is 0 Å². The van der Waals surface area contributed by atoms with E-state index in [0.717, 1.165) is 37.4 Å². The van der Waals surface area contributed by atoms with Crippen molar-refractivity contribution in [3.63, 3.8) is 0 Å². The van der Waals surface area contributed by atoms with Gasteiger partial charge in [-0.25, -0.2) is 0 Å². The predicted octanol–water partition coefficient (Wildman–Crippen LogP) is 1.86. The van der Waals surface area contributed by atoms with Crippen molar-refractivity contribution in [3.8, 4) is 17.6 Å². The minimum atomic E-state index is 0.236. The summed E-state index contributed by atoms with van der Waals surface area (Å²) >= 11 is 0. The Morgan fingerprint density at radius 3 is 2.89 bits per heavy atom. The molecule has 18 heavy (non-hydrogen) atoms. The summed E-state index contributed by atoms with van der Waals surface area (Å²) in [5.41, 5.74) is 7.52. The normalized spacial score (nSPS) is 15.9. The van der Waals surface area contributed by atoms with Gasteiger partial charge in [0, 0.05) is 12.8 Å². The Morgan fingerprint density at radius 2 is 2.17 bits per heavy atom. The second-order valence-corrected chi connectivity index (χ2v) is 4.44. The number of nitrogens with two attached hydrogens (primary N) is 1. The molecular formula is C15H19NO2. The number of hydrogen-bond donors (Lipinski definition) is 1. The van der Waals surface area contributed by atoms with Crippen LogP contribution in [-0.4, -0.2) is 25.9 Å². The first-order valence-corrected chi connectivity index (χ1v) is 6.33. The molecule has 3 nitrogen and oxygen atoms in total. The number of aryl methyl sites for hydroxylation is 1. The van der Waals surface area contributed by atoms with E-state index in [2.05, 4.69) is 11.8 Å². The average Bonchev–Trinajstić information content (AvgIpc) is 2.40. The van der Waals surface area contributed by atoms with Gasteiger partial charge < -0.3 is 15.2 Å². The summed E-state index contributed by atoms with van der Waals surface area (Å²) in [7, 11) is 0. The van der Waals surface area contributed by atoms with Crippen molar-refractivity contribution in [2.24, 2.45) is 5.73 Å². The maximum absolute atomic E-state index is 6.02. The molecule has 1 saturated heterocycles. The smallest absolute Gasteiger partial charge is 0.135 e. The predicted molar refractivity (Wildman–Crippen MR) is 71.6 cm³/mol. The Kier molecular flexibility index (Phi) is 4.63. The van der Waals surface area contributed by atoms with Crippen molar-refractivity contribution < 1.29 is 9.47 Å². The molecule has 1 heterocycles. The van der Waals surface area contributed by atoms with Gasteiger partial charge >= 0.3 is 0 Å². The van der Waals surface area contributed by atoms with Crippen LogP contribution in [0.15, 0.2) is 18.2 Å². The van der Waals surface area contributed by atoms with Crippen LogP contribution in [0.3, 0.4) is 0 Å². The zero-order valence-corrected chi connectivity index (χ0v) is 10.7. The fraction of sp³-hybridized carbons (Fsp3) is 0.467. The first kappa shape index (κ1) is 12.9. The van der Waals surface area contributed by atoms with E-state index in [1.165, 1.54) is 5.56 Å². The van der Waals surface area contributed by atoms with Crippen LogP contribution in [0.25, 0.3) is 0 Å². The number of rotatable bonds is 2. The highest BCUT2D eigenvalue weighted by molar-refractivity contribution is 5.48. The maximum Gasteiger partial charge on any atom is 0.135 e. The molecule has 0 atom stereocenters. The maximum atomic E-state index is 6.02. The SMILES string of the molecule is Cc1ccc(OC2CCOCC2)c(C#CCN)c1. The van der Waals surface area contributed by atoms with Crippen molar-refractivity contribution in [1.29, 1.82) is 0 Å². The third-order valence-electron chi connectivity index (χ3n) is 2.92. The average molecular weight is 245 g/mol. The molecule has 0 unspecified atom stereocenters. The molecule has 0 aliphatic carbocycles. The first-order valence-electron chi connectivity index (χ1n) is 6.33. The lowest BCUT2D eigenvalue weighted by Gasteiger charge is -2.24. The lowest BCUT2D eigenvalue weighted by molar-refractivity contribution is 0.0254. The molecule has 1 aliphatic rings. The fourth-order valence-corrected chi connectivity index (χ4v) is 1.96. The van der Waals surface area contributed by atoms with Gasteiger partial charge in [0.2, 0.25) is 0 Å². The van der Waals surface area contributed by atoms with E-state index in [-0.39, 0.29) is 6.10 Å². The van der Waals surface area contributed by atoms with E-state index in [0.29, 0.717) is 6.54 Å². The molecule has 1 aromatic rings. The molecule has 1 aliphatic heterocycles. The van der Waals surface area contributed by atoms with Crippen molar-refractivity contribution in [3.05, 3.63) is 29.3 Å². The summed E-state index contributed by atoms with van der Waals surface area (Å²) < 4.78 is 11.3. The minimum absolute atomic E-state index is 0.236. The summed E-state index contributed by atoms with van der Waals surface area (Å²) in [6.45, 7) is 3.97. The van der Waals surface area contributed by atoms with E-state index < -0.39 is 0 Å². The van der Waals surface area contributed by atoms with Crippen molar-refractivity contribution in [2.45, 2.75) is 25.9 Å². The first-order chi connectivity index (χ1) is 8.79. The molecule has 0 aromatic heterocycles. The van der Waals surface area contributed by atoms with Gasteiger partial charge in [-0.15, -0.1) is 0 Å². The molecule has 3 heteroatoms. The topological polar surface area (TPSA) is 44.5 Å². The standard InChI is InChI=1S/C15H19NO2/c1-12-4-5-15(13(11-12)3-2-8-16)18-14-6-9-17-10-7-14/h4-5,11,14H,6-10,16H2,1H3. The molecule has 0 spiro atoms. The van der Waals surface area contributed by atoms with Crippen LogP contribution in [0, 0.1) is 18.8 Å². The van der Waals surface area contributed by atoms with Crippen LogP contribution < -0.4 is 10.5 Å². The van der Waals surface area contributed by atoms with Gasteiger partial charge in [-0.1, -0.05) is 17.9 Å². The van der Waals surface area contributed by atoms with Crippen LogP contribution in [-0.2, 0) is 4.74 Å². The van der Waals surface area contributed by atoms with Crippen LogP contribution in [0.5, 0.6) is 5.75 Å². The van der Waals surface area contributed by atoms with Gasteiger partial charge in [0.05, 0.1) is 25.3 Å². The van der Waals surface area contributed by atoms with Crippen molar-refractivity contribution in [2.75, 3.05) is 19.8 Å². The van der Waals surface area contributed by atoms with Gasteiger partial charge in [0.25, 0.3) is 0 Å². The fourth-order valence-electron chi connectivity index (χ4n) is 1.96. The molecule has 0 radical (unpaired) electrons. The monoisotopic (exact) mass is 245 g/mol. The van der Waals surface area contributed by atoms with Gasteiger partial charge in [0.15, 0.2) is 0 Å². The third kappa shape index (κ3) is 3.49. The molecular weight excluding hydrogens is 226 g/mol. The summed E-state index contributed by atoms with van der Waals surface area (Å²) in [6.07, 6.45) is 2.12. The van der Waals surface area contributed by atoms with Crippen LogP contribution >= 0.6 is 0 Å². The van der Waals surface area contributed by atoms with Crippen LogP contribution in [0.4, 0.5) is 0 Å². The number of hydrogen-bond acceptors (Lipinski definition) is 3. The highest BCUT2D eigenvalue weighted by atomic mass is 16.5. The molecule has 0 bridgehead atoms. The van der Waals surface area contributed by atoms with Crippen LogP contribution in [0.2, 0.25) is 0 Å². The van der Waals surface area contributed by atoms with Crippen molar-refractivity contribution >= 4 is 0 Å². The summed E-state index contributed by atoms with van der Waals surface area (Å²) in [6, 6.07) is 6.07. The molecule has 1 aromatic carbocycles. The molecule has 1 fully saturated rings. The lowest BCUT2D eigenvalue weighted by Crippen LogP contribution is -2.26. The molecule has 2 rings (SSSR count). The van der Waals surface area contributed by atoms with E-state index >= 15 is 0 Å². The van der Waals surface area contributed by atoms with Gasteiger partial charge in [0.1, 0.15) is 11.9 Å². The largest absolute Gasteiger partial charge is 0.489 e. The minimum Gasteiger partial charge on any atom is -0.489 e. The number of benzene rings is 1. The zero-order valence-electron chi connectivity index (χ0n) is 10.7. The summed E-state index contributed by atoms with van der Waals surface area (Å²) in [5, 5.41) is 0. The zero-order chi connectivity index (χ0) is 12.8. The quantitative estimate of drug-likeness (QED) is 0.809. The van der Waals surface area contributed by atoms with E-state index in [1.54, 1.807) is 0 Å². The highest BCUT2D eigenvalue weighted by Crippen LogP contribution is 2.23. The number of ether oxygens (including phenoxy) is 2. The van der Waals surface area contributed by atoms with E-state index in [1.807, 2.05) is 25.1 Å². The van der Waals surface area contributed by atoms with Gasteiger partial charge in [-0.2, -0.15) is 0 Å². The van der Waals surface area contributed by atoms with Gasteiger partial charge in [-0.05, 0) is 24.6 Å². The molecule has 96 valence electrons. The second-order valence-electron chi connectivity index (χ2n) is 4.44. The summed E-state index contributed by atoms with van der Waals surface area (Å²) in [4.78, 5) is 0. The Bertz CT molecular complexity index is 453. The van der Waals surface area contributed by atoms with Gasteiger partial charge in [-0.3, -0.25) is 0 Å². The van der Waals surface area contributed by atoms with Crippen molar-refractivity contribution in [1.82, 2.24) is 0 Å². The summed E-state index contributed by atoms with van der Waals surface area (Å²) in [5.74, 6) is 6.81. The third-order valence-corrected chi connectivity index (χ3v) is 2.92. The Hall–Kier alpha value is -1.50. The lowest BCUT2D eigenvalue weighted by atomic mass is 10.1. The highest BCUT2D eigenvalue weighted by Gasteiger charge is 2.16. The Labute approximate surface area is 108 Å². The van der Waals surface area contributed by atoms with Crippen LogP contribution in [0.1, 0.15) is 24.0 Å². The second kappa shape index (κ2) is 6.44. The Morgan fingerprint density at radius 1 is 1.39 bits per heavy atom. The molecule has 0 saturated carbocycles.